The second kappa shape index (κ2) is 10.3. The van der Waals surface area contributed by atoms with Crippen molar-refractivity contribution in [3.63, 3.8) is 0 Å². The number of thioether (sulfide) groups is 1. The molecule has 2 aromatic carbocycles. The van der Waals surface area contributed by atoms with Gasteiger partial charge in [0.05, 0.1) is 12.9 Å². The summed E-state index contributed by atoms with van der Waals surface area (Å²) in [5.74, 6) is 1.18. The molecule has 1 aliphatic heterocycles. The van der Waals surface area contributed by atoms with E-state index < -0.39 is 0 Å². The first-order valence-corrected chi connectivity index (χ1v) is 10.6. The molecule has 29 heavy (non-hydrogen) atoms. The summed E-state index contributed by atoms with van der Waals surface area (Å²) in [6, 6.07) is 14.6. The predicted octanol–water partition coefficient (Wildman–Crippen LogP) is 3.27. The van der Waals surface area contributed by atoms with Crippen LogP contribution in [0.4, 0.5) is 5.69 Å². The Bertz CT molecular complexity index is 833. The van der Waals surface area contributed by atoms with E-state index in [1.165, 1.54) is 11.8 Å². The number of carbonyl (C=O) groups excluding carboxylic acids is 2. The third kappa shape index (κ3) is 5.98. The maximum Gasteiger partial charge on any atom is 0.253 e. The smallest absolute Gasteiger partial charge is 0.253 e. The van der Waals surface area contributed by atoms with Crippen molar-refractivity contribution < 1.29 is 19.4 Å². The van der Waals surface area contributed by atoms with Crippen LogP contribution in [0.5, 0.6) is 5.75 Å². The number of aliphatic hydroxyl groups is 1. The van der Waals surface area contributed by atoms with Gasteiger partial charge in [0, 0.05) is 35.8 Å². The van der Waals surface area contributed by atoms with E-state index in [2.05, 4.69) is 5.32 Å². The van der Waals surface area contributed by atoms with Crippen molar-refractivity contribution in [2.24, 2.45) is 5.92 Å². The molecule has 1 fully saturated rings. The highest BCUT2D eigenvalue weighted by Crippen LogP contribution is 2.22. The molecule has 1 heterocycles. The van der Waals surface area contributed by atoms with Gasteiger partial charge in [-0.25, -0.2) is 0 Å². The molecule has 2 aromatic rings. The van der Waals surface area contributed by atoms with Crippen LogP contribution in [0.15, 0.2) is 53.4 Å². The highest BCUT2D eigenvalue weighted by molar-refractivity contribution is 8.00. The number of amides is 2. The zero-order valence-corrected chi connectivity index (χ0v) is 17.3. The number of nitrogens with zero attached hydrogens (tertiary/aromatic N) is 1. The summed E-state index contributed by atoms with van der Waals surface area (Å²) in [7, 11) is 1.62. The Balaban J connectivity index is 1.53. The fourth-order valence-electron chi connectivity index (χ4n) is 3.25. The minimum Gasteiger partial charge on any atom is -0.497 e. The summed E-state index contributed by atoms with van der Waals surface area (Å²) in [6.45, 7) is 1.48. The van der Waals surface area contributed by atoms with Crippen LogP contribution in [-0.4, -0.2) is 54.4 Å². The molecule has 1 saturated heterocycles. The molecule has 2 N–H and O–H groups in total. The highest BCUT2D eigenvalue weighted by Gasteiger charge is 2.23. The third-order valence-corrected chi connectivity index (χ3v) is 5.99. The summed E-state index contributed by atoms with van der Waals surface area (Å²) in [6.07, 6.45) is 1.64. The number of benzene rings is 2. The number of methoxy groups -OCH3 is 1. The van der Waals surface area contributed by atoms with Gasteiger partial charge in [0.2, 0.25) is 5.91 Å². The minimum absolute atomic E-state index is 0.0369. The second-order valence-electron chi connectivity index (χ2n) is 7.01. The van der Waals surface area contributed by atoms with E-state index in [1.54, 1.807) is 31.4 Å². The van der Waals surface area contributed by atoms with Gasteiger partial charge in [-0.05, 0) is 61.2 Å². The largest absolute Gasteiger partial charge is 0.497 e. The lowest BCUT2D eigenvalue weighted by atomic mass is 9.97. The normalized spacial score (nSPS) is 14.5. The van der Waals surface area contributed by atoms with Gasteiger partial charge >= 0.3 is 0 Å². The first-order valence-electron chi connectivity index (χ1n) is 9.66. The molecule has 6 nitrogen and oxygen atoms in total. The Hall–Kier alpha value is -2.51. The first kappa shape index (κ1) is 21.2. The van der Waals surface area contributed by atoms with Crippen LogP contribution in [0, 0.1) is 5.92 Å². The topological polar surface area (TPSA) is 78.9 Å². The van der Waals surface area contributed by atoms with Crippen molar-refractivity contribution in [2.75, 3.05) is 37.9 Å². The molecule has 3 rings (SSSR count). The van der Waals surface area contributed by atoms with E-state index in [-0.39, 0.29) is 30.1 Å². The minimum atomic E-state index is -0.126. The Morgan fingerprint density at radius 2 is 1.90 bits per heavy atom. The number of ether oxygens (including phenoxy) is 1. The molecule has 0 unspecified atom stereocenters. The molecule has 0 aliphatic carbocycles. The zero-order chi connectivity index (χ0) is 20.6. The number of hydrogen-bond acceptors (Lipinski definition) is 5. The van der Waals surface area contributed by atoms with Gasteiger partial charge in [-0.15, -0.1) is 11.8 Å². The molecule has 0 atom stereocenters. The molecule has 7 heteroatoms. The molecule has 0 aromatic heterocycles. The fourth-order valence-corrected chi connectivity index (χ4v) is 3.95. The van der Waals surface area contributed by atoms with Gasteiger partial charge in [0.25, 0.3) is 5.91 Å². The van der Waals surface area contributed by atoms with Crippen LogP contribution in [0.2, 0.25) is 0 Å². The van der Waals surface area contributed by atoms with Gasteiger partial charge < -0.3 is 20.1 Å². The zero-order valence-electron chi connectivity index (χ0n) is 16.5. The lowest BCUT2D eigenvalue weighted by molar-refractivity contribution is -0.113. The van der Waals surface area contributed by atoms with Crippen molar-refractivity contribution in [1.29, 1.82) is 0 Å². The number of anilines is 1. The second-order valence-corrected chi connectivity index (χ2v) is 8.06. The van der Waals surface area contributed by atoms with E-state index in [4.69, 9.17) is 4.74 Å². The van der Waals surface area contributed by atoms with Gasteiger partial charge in [-0.1, -0.05) is 6.07 Å². The Labute approximate surface area is 175 Å². The number of aliphatic hydroxyl groups excluding tert-OH is 1. The van der Waals surface area contributed by atoms with E-state index in [1.807, 2.05) is 29.2 Å². The number of hydrogen-bond donors (Lipinski definition) is 2. The van der Waals surface area contributed by atoms with Crippen LogP contribution in [0.1, 0.15) is 23.2 Å². The lowest BCUT2D eigenvalue weighted by Gasteiger charge is -2.31. The van der Waals surface area contributed by atoms with E-state index in [0.717, 1.165) is 23.5 Å². The molecule has 0 bridgehead atoms. The summed E-state index contributed by atoms with van der Waals surface area (Å²) in [5, 5.41) is 12.1. The Kier molecular flexibility index (Phi) is 7.55. The predicted molar refractivity (Wildman–Crippen MR) is 115 cm³/mol. The molecular weight excluding hydrogens is 388 g/mol. The molecule has 0 spiro atoms. The first-order chi connectivity index (χ1) is 14.1. The Morgan fingerprint density at radius 3 is 2.55 bits per heavy atom. The average Bonchev–Trinajstić information content (AvgIpc) is 2.78. The van der Waals surface area contributed by atoms with Gasteiger partial charge in [0.15, 0.2) is 0 Å². The third-order valence-electron chi connectivity index (χ3n) is 4.98. The van der Waals surface area contributed by atoms with Crippen LogP contribution >= 0.6 is 11.8 Å². The Morgan fingerprint density at radius 1 is 1.17 bits per heavy atom. The van der Waals surface area contributed by atoms with Crippen molar-refractivity contribution in [2.45, 2.75) is 17.7 Å². The van der Waals surface area contributed by atoms with Gasteiger partial charge in [-0.2, -0.15) is 0 Å². The number of carbonyl (C=O) groups is 2. The summed E-state index contributed by atoms with van der Waals surface area (Å²) in [5.41, 5.74) is 1.18. The number of likely N-dealkylation sites (tertiary alicyclic amines) is 1. The van der Waals surface area contributed by atoms with Crippen LogP contribution in [-0.2, 0) is 4.79 Å². The van der Waals surface area contributed by atoms with Gasteiger partial charge in [-0.3, -0.25) is 9.59 Å². The molecule has 2 amide bonds. The van der Waals surface area contributed by atoms with Crippen LogP contribution < -0.4 is 10.1 Å². The molecule has 0 radical (unpaired) electrons. The van der Waals surface area contributed by atoms with Crippen molar-refractivity contribution in [1.82, 2.24) is 4.90 Å². The van der Waals surface area contributed by atoms with Gasteiger partial charge in [0.1, 0.15) is 5.75 Å². The average molecular weight is 415 g/mol. The van der Waals surface area contributed by atoms with E-state index in [0.29, 0.717) is 24.3 Å². The summed E-state index contributed by atoms with van der Waals surface area (Å²) >= 11 is 1.44. The maximum absolute atomic E-state index is 12.7. The number of piperidine rings is 1. The van der Waals surface area contributed by atoms with Crippen LogP contribution in [0.25, 0.3) is 0 Å². The van der Waals surface area contributed by atoms with Crippen molar-refractivity contribution in [3.05, 3.63) is 54.1 Å². The van der Waals surface area contributed by atoms with E-state index in [9.17, 15) is 14.7 Å². The maximum atomic E-state index is 12.7. The molecular formula is C22H26N2O4S. The monoisotopic (exact) mass is 414 g/mol. The lowest BCUT2D eigenvalue weighted by Crippen LogP contribution is -2.39. The summed E-state index contributed by atoms with van der Waals surface area (Å²) in [4.78, 5) is 27.8. The number of rotatable bonds is 7. The molecule has 1 aliphatic rings. The SMILES string of the molecule is COc1ccc(SCC(=O)Nc2cccc(C(=O)N3CCC(CO)CC3)c2)cc1. The van der Waals surface area contributed by atoms with Crippen molar-refractivity contribution >= 4 is 29.3 Å². The highest BCUT2D eigenvalue weighted by atomic mass is 32.2. The standard InChI is InChI=1S/C22H26N2O4S/c1-28-19-5-7-20(8-6-19)29-15-21(26)23-18-4-2-3-17(13-18)22(27)24-11-9-16(14-25)10-12-24/h2-8,13,16,25H,9-12,14-15H2,1H3,(H,23,26). The number of nitrogens with one attached hydrogen (secondary N) is 1. The molecule has 154 valence electrons. The van der Waals surface area contributed by atoms with Crippen LogP contribution in [0.3, 0.4) is 0 Å². The summed E-state index contributed by atoms with van der Waals surface area (Å²) < 4.78 is 5.13. The van der Waals surface area contributed by atoms with Crippen molar-refractivity contribution in [3.8, 4) is 5.75 Å². The fraction of sp³-hybridized carbons (Fsp3) is 0.364. The quantitative estimate of drug-likeness (QED) is 0.680. The van der Waals surface area contributed by atoms with E-state index >= 15 is 0 Å². The molecule has 0 saturated carbocycles.